The van der Waals surface area contributed by atoms with Gasteiger partial charge in [0.05, 0.1) is 24.8 Å². The molecule has 1 fully saturated rings. The summed E-state index contributed by atoms with van der Waals surface area (Å²) >= 11 is 1.41. The van der Waals surface area contributed by atoms with Gasteiger partial charge in [-0.25, -0.2) is 9.78 Å². The number of pyridine rings is 1. The number of amides is 1. The number of nitrogens with one attached hydrogen (secondary N) is 3. The first-order valence-corrected chi connectivity index (χ1v) is 21.8. The maximum absolute atomic E-state index is 14.0. The van der Waals surface area contributed by atoms with Gasteiger partial charge in [0.25, 0.3) is 5.91 Å². The van der Waals surface area contributed by atoms with Gasteiger partial charge in [0.15, 0.2) is 0 Å². The van der Waals surface area contributed by atoms with Gasteiger partial charge in [-0.1, -0.05) is 97.1 Å². The number of aromatic amines is 1. The van der Waals surface area contributed by atoms with Crippen molar-refractivity contribution in [2.75, 3.05) is 26.2 Å². The van der Waals surface area contributed by atoms with E-state index in [1.807, 2.05) is 30.3 Å². The van der Waals surface area contributed by atoms with Crippen molar-refractivity contribution in [3.63, 3.8) is 0 Å². The zero-order valence-electron chi connectivity index (χ0n) is 34.6. The van der Waals surface area contributed by atoms with Gasteiger partial charge in [0.2, 0.25) is 11.2 Å². The van der Waals surface area contributed by atoms with E-state index in [2.05, 4.69) is 49.8 Å². The Morgan fingerprint density at radius 1 is 0.857 bits per heavy atom. The topological polar surface area (TPSA) is 177 Å². The number of thiazole rings is 1. The summed E-state index contributed by atoms with van der Waals surface area (Å²) in [7, 11) is 0. The maximum atomic E-state index is 14.0. The van der Waals surface area contributed by atoms with Crippen LogP contribution in [0.3, 0.4) is 0 Å². The van der Waals surface area contributed by atoms with E-state index < -0.39 is 17.7 Å². The van der Waals surface area contributed by atoms with Crippen molar-refractivity contribution in [1.29, 1.82) is 0 Å². The van der Waals surface area contributed by atoms with Crippen molar-refractivity contribution in [1.82, 2.24) is 25.5 Å². The molecule has 0 radical (unpaired) electrons. The number of fused-ring (bicyclic) bond motifs is 1. The average Bonchev–Trinajstić information content (AvgIpc) is 3.80. The number of phenolic OH excluding ortho intramolecular Hbond substituents is 1. The molecule has 1 aliphatic rings. The van der Waals surface area contributed by atoms with Crippen molar-refractivity contribution in [2.45, 2.75) is 44.2 Å². The van der Waals surface area contributed by atoms with Crippen molar-refractivity contribution >= 4 is 34.1 Å². The van der Waals surface area contributed by atoms with Crippen molar-refractivity contribution in [3.8, 4) is 16.3 Å². The number of carbonyl (C=O) groups is 2. The number of aromatic nitrogens is 2. The first-order valence-electron chi connectivity index (χ1n) is 21.0. The molecule has 1 amide bonds. The summed E-state index contributed by atoms with van der Waals surface area (Å²) in [6.07, 6.45) is 2.62. The summed E-state index contributed by atoms with van der Waals surface area (Å²) < 4.78 is 5.93. The third-order valence-electron chi connectivity index (χ3n) is 11.5. The molecule has 5 aromatic carbocycles. The van der Waals surface area contributed by atoms with Crippen LogP contribution >= 0.6 is 11.3 Å². The number of aliphatic hydroxyl groups excluding tert-OH is 1. The second kappa shape index (κ2) is 19.7. The number of H-pyrrole nitrogens is 1. The first kappa shape index (κ1) is 43.2. The Balaban J connectivity index is 0.848. The quantitative estimate of drug-likeness (QED) is 0.0567. The summed E-state index contributed by atoms with van der Waals surface area (Å²) in [6, 6.07) is 39.6. The highest BCUT2D eigenvalue weighted by molar-refractivity contribution is 7.15. The zero-order chi connectivity index (χ0) is 43.8. The minimum absolute atomic E-state index is 0.0684. The van der Waals surface area contributed by atoms with Crippen LogP contribution in [0.2, 0.25) is 0 Å². The van der Waals surface area contributed by atoms with Crippen LogP contribution in [0.15, 0.2) is 144 Å². The molecule has 0 saturated carbocycles. The number of piperidine rings is 1. The molecule has 0 spiro atoms. The van der Waals surface area contributed by atoms with Crippen molar-refractivity contribution in [3.05, 3.63) is 188 Å². The molecule has 3 heterocycles. The normalized spacial score (nSPS) is 14.8. The van der Waals surface area contributed by atoms with Gasteiger partial charge in [0.1, 0.15) is 10.8 Å². The lowest BCUT2D eigenvalue weighted by Gasteiger charge is -2.33. The lowest BCUT2D eigenvalue weighted by Crippen LogP contribution is -2.40. The van der Waals surface area contributed by atoms with Crippen LogP contribution in [0.25, 0.3) is 21.5 Å². The van der Waals surface area contributed by atoms with E-state index in [1.54, 1.807) is 72.9 Å². The van der Waals surface area contributed by atoms with Gasteiger partial charge in [-0.05, 0) is 84.4 Å². The third kappa shape index (κ3) is 10.3. The molecule has 6 N–H and O–H groups in total. The molecule has 1 aliphatic heterocycles. The van der Waals surface area contributed by atoms with Crippen LogP contribution in [-0.4, -0.2) is 68.3 Å². The number of benzene rings is 5. The molecular weight excluding hydrogens is 815 g/mol. The van der Waals surface area contributed by atoms with Gasteiger partial charge < -0.3 is 35.7 Å². The highest BCUT2D eigenvalue weighted by atomic mass is 32.1. The minimum atomic E-state index is -2.04. The molecule has 2 atom stereocenters. The van der Waals surface area contributed by atoms with E-state index in [-0.39, 0.29) is 48.3 Å². The summed E-state index contributed by atoms with van der Waals surface area (Å²) in [5.41, 5.74) is 2.65. The highest BCUT2D eigenvalue weighted by Crippen LogP contribution is 2.35. The Morgan fingerprint density at radius 2 is 1.59 bits per heavy atom. The second-order valence-corrected chi connectivity index (χ2v) is 17.0. The number of nitrogens with zero attached hydrogens (tertiary/aromatic N) is 2. The van der Waals surface area contributed by atoms with Crippen molar-refractivity contribution in [2.24, 2.45) is 5.92 Å². The van der Waals surface area contributed by atoms with Gasteiger partial charge in [0, 0.05) is 58.9 Å². The number of aliphatic hydroxyl groups is 2. The van der Waals surface area contributed by atoms with Crippen LogP contribution in [0.4, 0.5) is 0 Å². The number of hydrogen-bond acceptors (Lipinski definition) is 11. The van der Waals surface area contributed by atoms with Gasteiger partial charge in [-0.3, -0.25) is 14.5 Å². The highest BCUT2D eigenvalue weighted by Gasteiger charge is 2.42. The fraction of sp³-hybridized carbons (Fsp3) is 0.240. The number of hydrogen-bond donors (Lipinski definition) is 6. The third-order valence-corrected chi connectivity index (χ3v) is 12.6. The Labute approximate surface area is 368 Å². The SMILES string of the molecule is O=C(NCc1cnc(-c2cccc(C(O)(C(=O)OCC3CCN(Cc4ccccc4)CC3)c3ccccc3)c2)s1)c1ccc(CNCC(O)c2ccc(O)c3[nH]c(=O)ccc23)cc1. The summed E-state index contributed by atoms with van der Waals surface area (Å²) in [4.78, 5) is 49.3. The standard InChI is InChI=1S/C50H49N5O7S/c56-43-20-18-41(42-19-21-45(58)54-46(42)43)44(57)30-51-27-33-14-16-36(17-15-33)47(59)52-28-40-29-53-48(63-40)37-10-7-13-39(26-37)50(61,38-11-5-2-6-12-38)49(60)62-32-35-22-24-55(25-23-35)31-34-8-3-1-4-9-34/h1-21,26,29,35,44,51,56-57,61H,22-25,27-28,30-32H2,(H,52,59)(H,54,58). The van der Waals surface area contributed by atoms with E-state index >= 15 is 0 Å². The number of carbonyl (C=O) groups excluding carboxylic acids is 2. The van der Waals surface area contributed by atoms with Crippen molar-refractivity contribution < 1.29 is 29.6 Å². The monoisotopic (exact) mass is 863 g/mol. The van der Waals surface area contributed by atoms with Crippen LogP contribution < -0.4 is 16.2 Å². The van der Waals surface area contributed by atoms with E-state index in [1.165, 1.54) is 29.0 Å². The van der Waals surface area contributed by atoms with E-state index in [0.29, 0.717) is 44.8 Å². The van der Waals surface area contributed by atoms with E-state index in [9.17, 15) is 29.7 Å². The number of ether oxygens (including phenoxy) is 1. The lowest BCUT2D eigenvalue weighted by atomic mass is 9.85. The summed E-state index contributed by atoms with van der Waals surface area (Å²) in [6.45, 7) is 3.87. The Kier molecular flexibility index (Phi) is 13.5. The van der Waals surface area contributed by atoms with Crippen LogP contribution in [-0.2, 0) is 34.8 Å². The van der Waals surface area contributed by atoms with Gasteiger partial charge in [-0.2, -0.15) is 0 Å². The van der Waals surface area contributed by atoms with Crippen LogP contribution in [0, 0.1) is 5.92 Å². The molecule has 2 aromatic heterocycles. The molecule has 0 aliphatic carbocycles. The number of aromatic hydroxyl groups is 1. The maximum Gasteiger partial charge on any atom is 0.347 e. The molecule has 12 nitrogen and oxygen atoms in total. The zero-order valence-corrected chi connectivity index (χ0v) is 35.4. The number of esters is 1. The molecule has 0 bridgehead atoms. The van der Waals surface area contributed by atoms with Gasteiger partial charge >= 0.3 is 5.97 Å². The first-order chi connectivity index (χ1) is 30.6. The number of rotatable bonds is 16. The van der Waals surface area contributed by atoms with Crippen LogP contribution in [0.1, 0.15) is 62.0 Å². The molecule has 7 aromatic rings. The van der Waals surface area contributed by atoms with Crippen LogP contribution in [0.5, 0.6) is 5.75 Å². The summed E-state index contributed by atoms with van der Waals surface area (Å²) in [5.74, 6) is -0.834. The largest absolute Gasteiger partial charge is 0.506 e. The fourth-order valence-electron chi connectivity index (χ4n) is 7.99. The second-order valence-electron chi connectivity index (χ2n) is 15.9. The molecule has 2 unspecified atom stereocenters. The number of phenols is 1. The Morgan fingerprint density at radius 3 is 2.35 bits per heavy atom. The molecular formula is C50H49N5O7S. The fourth-order valence-corrected chi connectivity index (χ4v) is 8.84. The molecule has 13 heteroatoms. The average molecular weight is 864 g/mol. The molecule has 322 valence electrons. The van der Waals surface area contributed by atoms with Gasteiger partial charge in [-0.15, -0.1) is 11.3 Å². The predicted molar refractivity (Wildman–Crippen MR) is 243 cm³/mol. The lowest BCUT2D eigenvalue weighted by molar-refractivity contribution is -0.164. The number of likely N-dealkylation sites (tertiary alicyclic amines) is 1. The molecule has 1 saturated heterocycles. The predicted octanol–water partition coefficient (Wildman–Crippen LogP) is 6.80. The minimum Gasteiger partial charge on any atom is -0.506 e. The smallest absolute Gasteiger partial charge is 0.347 e. The molecule has 8 rings (SSSR count). The Bertz CT molecular complexity index is 2720. The van der Waals surface area contributed by atoms with E-state index in [0.717, 1.165) is 42.9 Å². The summed E-state index contributed by atoms with van der Waals surface area (Å²) in [5, 5.41) is 40.7. The Hall–Kier alpha value is -6.48. The van der Waals surface area contributed by atoms with E-state index in [4.69, 9.17) is 4.74 Å². The molecule has 63 heavy (non-hydrogen) atoms.